The lowest BCUT2D eigenvalue weighted by atomic mass is 10.00. The van der Waals surface area contributed by atoms with E-state index in [1.165, 1.54) is 33.1 Å². The first kappa shape index (κ1) is 19.2. The highest BCUT2D eigenvalue weighted by Crippen LogP contribution is 2.22. The van der Waals surface area contributed by atoms with Crippen LogP contribution in [0.15, 0.2) is 61.0 Å². The molecule has 0 atom stereocenters. The highest BCUT2D eigenvalue weighted by Gasteiger charge is 2.11. The second-order valence-electron chi connectivity index (χ2n) is 7.68. The van der Waals surface area contributed by atoms with E-state index in [-0.39, 0.29) is 0 Å². The van der Waals surface area contributed by atoms with Crippen molar-refractivity contribution in [2.45, 2.75) is 25.7 Å². The molecule has 0 unspecified atom stereocenters. The van der Waals surface area contributed by atoms with E-state index >= 15 is 0 Å². The summed E-state index contributed by atoms with van der Waals surface area (Å²) in [5, 5.41) is 9.33. The van der Waals surface area contributed by atoms with Crippen LogP contribution in [0, 0.1) is 0 Å². The Labute approximate surface area is 172 Å². The summed E-state index contributed by atoms with van der Waals surface area (Å²) in [6, 6.07) is 12.7. The van der Waals surface area contributed by atoms with Gasteiger partial charge in [0.25, 0.3) is 0 Å². The molecule has 4 heteroatoms. The molecule has 2 aromatic carbocycles. The van der Waals surface area contributed by atoms with Gasteiger partial charge in [0.05, 0.1) is 18.0 Å². The topological polar surface area (TPSA) is 36.5 Å². The smallest absolute Gasteiger partial charge is 0.121 e. The van der Waals surface area contributed by atoms with Crippen LogP contribution in [0.4, 0.5) is 17.1 Å². The number of ether oxygens (including phenoxy) is 1. The van der Waals surface area contributed by atoms with E-state index in [4.69, 9.17) is 4.74 Å². The summed E-state index contributed by atoms with van der Waals surface area (Å²) >= 11 is 0. The van der Waals surface area contributed by atoms with Crippen molar-refractivity contribution in [1.82, 2.24) is 0 Å². The molecule has 0 aliphatic carbocycles. The molecule has 150 valence electrons. The molecule has 0 fully saturated rings. The molecule has 0 amide bonds. The van der Waals surface area contributed by atoms with E-state index in [0.29, 0.717) is 0 Å². The largest absolute Gasteiger partial charge is 0.494 e. The third kappa shape index (κ3) is 4.48. The standard InChI is InChI=1S/C25H29N3O/c1-28(2)21-10-6-11-22(18-21)29-17-5-3-4-8-19-14-16-27-25-23(19)13-12-20-9-7-15-26-24(20)25/h6-7,9-16,18,26-27H,3-5,8,17H2,1-2H3. The van der Waals surface area contributed by atoms with Crippen molar-refractivity contribution in [2.75, 3.05) is 36.2 Å². The molecule has 0 saturated carbocycles. The summed E-state index contributed by atoms with van der Waals surface area (Å²) in [5.41, 5.74) is 4.92. The number of nitrogens with one attached hydrogen (secondary N) is 2. The van der Waals surface area contributed by atoms with Crippen molar-refractivity contribution in [3.8, 4) is 5.75 Å². The Bertz CT molecular complexity index is 1050. The SMILES string of the molecule is CN(C)c1cccc(OCCCCCC2=c3ccc4c(c3NC=C2)NC=CC=4)c1. The Morgan fingerprint density at radius 3 is 2.72 bits per heavy atom. The van der Waals surface area contributed by atoms with E-state index in [1.54, 1.807) is 0 Å². The first-order valence-electron chi connectivity index (χ1n) is 10.4. The second kappa shape index (κ2) is 8.91. The van der Waals surface area contributed by atoms with Gasteiger partial charge in [0.2, 0.25) is 0 Å². The number of fused-ring (bicyclic) bond motifs is 3. The average Bonchev–Trinajstić information content (AvgIpc) is 2.76. The normalized spacial score (nSPS) is 13.7. The molecule has 4 nitrogen and oxygen atoms in total. The molecule has 0 saturated heterocycles. The third-order valence-electron chi connectivity index (χ3n) is 5.39. The summed E-state index contributed by atoms with van der Waals surface area (Å²) in [4.78, 5) is 2.09. The Kier molecular flexibility index (Phi) is 5.89. The van der Waals surface area contributed by atoms with Gasteiger partial charge in [-0.15, -0.1) is 0 Å². The summed E-state index contributed by atoms with van der Waals surface area (Å²) in [5.74, 6) is 0.948. The maximum absolute atomic E-state index is 5.93. The molecular formula is C25H29N3O. The maximum Gasteiger partial charge on any atom is 0.121 e. The number of hydrogen-bond donors (Lipinski definition) is 2. The van der Waals surface area contributed by atoms with E-state index in [0.717, 1.165) is 38.0 Å². The zero-order valence-corrected chi connectivity index (χ0v) is 17.2. The Hall–Kier alpha value is -3.14. The van der Waals surface area contributed by atoms with Crippen LogP contribution in [0.1, 0.15) is 25.7 Å². The summed E-state index contributed by atoms with van der Waals surface area (Å²) in [6.45, 7) is 0.764. The first-order chi connectivity index (χ1) is 14.2. The number of unbranched alkanes of at least 4 members (excludes halogenated alkanes) is 2. The van der Waals surface area contributed by atoms with Crippen LogP contribution in [0.5, 0.6) is 5.75 Å². The van der Waals surface area contributed by atoms with Crippen LogP contribution in [0.25, 0.3) is 11.6 Å². The third-order valence-corrected chi connectivity index (χ3v) is 5.39. The highest BCUT2D eigenvalue weighted by atomic mass is 16.5. The van der Waals surface area contributed by atoms with Gasteiger partial charge in [0, 0.05) is 48.7 Å². The lowest BCUT2D eigenvalue weighted by Gasteiger charge is -2.18. The Morgan fingerprint density at radius 1 is 0.931 bits per heavy atom. The van der Waals surface area contributed by atoms with Crippen molar-refractivity contribution >= 4 is 28.7 Å². The van der Waals surface area contributed by atoms with Gasteiger partial charge in [-0.1, -0.05) is 24.3 Å². The minimum Gasteiger partial charge on any atom is -0.494 e. The van der Waals surface area contributed by atoms with Crippen LogP contribution in [-0.4, -0.2) is 20.7 Å². The number of nitrogens with zero attached hydrogens (tertiary/aromatic N) is 1. The number of benzene rings is 2. The van der Waals surface area contributed by atoms with Gasteiger partial charge in [-0.2, -0.15) is 0 Å². The Morgan fingerprint density at radius 2 is 1.83 bits per heavy atom. The van der Waals surface area contributed by atoms with Gasteiger partial charge in [-0.05, 0) is 55.5 Å². The molecular weight excluding hydrogens is 358 g/mol. The van der Waals surface area contributed by atoms with E-state index in [9.17, 15) is 0 Å². The quantitative estimate of drug-likeness (QED) is 0.666. The van der Waals surface area contributed by atoms with E-state index in [2.05, 4.69) is 58.2 Å². The Balaban J connectivity index is 1.31. The lowest BCUT2D eigenvalue weighted by molar-refractivity contribution is 0.305. The van der Waals surface area contributed by atoms with Gasteiger partial charge in [-0.3, -0.25) is 0 Å². The van der Waals surface area contributed by atoms with Crippen molar-refractivity contribution < 1.29 is 4.74 Å². The maximum atomic E-state index is 5.93. The van der Waals surface area contributed by atoms with Crippen LogP contribution < -0.4 is 30.7 Å². The molecule has 29 heavy (non-hydrogen) atoms. The van der Waals surface area contributed by atoms with Gasteiger partial charge >= 0.3 is 0 Å². The van der Waals surface area contributed by atoms with Gasteiger partial charge in [-0.25, -0.2) is 0 Å². The molecule has 2 aliphatic rings. The fourth-order valence-corrected chi connectivity index (χ4v) is 3.78. The van der Waals surface area contributed by atoms with Crippen LogP contribution in [0.3, 0.4) is 0 Å². The minimum atomic E-state index is 0.764. The monoisotopic (exact) mass is 387 g/mol. The van der Waals surface area contributed by atoms with E-state index < -0.39 is 0 Å². The summed E-state index contributed by atoms with van der Waals surface area (Å²) in [6.07, 6.45) is 14.9. The van der Waals surface area contributed by atoms with Crippen molar-refractivity contribution in [3.05, 3.63) is 71.4 Å². The fraction of sp³-hybridized carbons (Fsp3) is 0.280. The molecule has 2 aliphatic heterocycles. The van der Waals surface area contributed by atoms with Crippen molar-refractivity contribution in [2.24, 2.45) is 0 Å². The fourth-order valence-electron chi connectivity index (χ4n) is 3.78. The zero-order chi connectivity index (χ0) is 20.1. The molecule has 0 bridgehead atoms. The average molecular weight is 388 g/mol. The highest BCUT2D eigenvalue weighted by molar-refractivity contribution is 5.81. The number of hydrogen-bond acceptors (Lipinski definition) is 4. The van der Waals surface area contributed by atoms with Crippen LogP contribution in [0.2, 0.25) is 0 Å². The van der Waals surface area contributed by atoms with Crippen LogP contribution in [-0.2, 0) is 0 Å². The number of allylic oxidation sites excluding steroid dienone is 2. The molecule has 0 radical (unpaired) electrons. The van der Waals surface area contributed by atoms with Gasteiger partial charge in [0.1, 0.15) is 5.75 Å². The van der Waals surface area contributed by atoms with Crippen molar-refractivity contribution in [1.29, 1.82) is 0 Å². The molecule has 2 aromatic rings. The summed E-state index contributed by atoms with van der Waals surface area (Å²) < 4.78 is 5.93. The molecule has 2 heterocycles. The first-order valence-corrected chi connectivity index (χ1v) is 10.4. The molecule has 0 spiro atoms. The van der Waals surface area contributed by atoms with Crippen molar-refractivity contribution in [3.63, 3.8) is 0 Å². The minimum absolute atomic E-state index is 0.764. The van der Waals surface area contributed by atoms with Gasteiger partial charge in [0.15, 0.2) is 0 Å². The lowest BCUT2D eigenvalue weighted by Crippen LogP contribution is -2.23. The number of rotatable bonds is 8. The number of anilines is 3. The van der Waals surface area contributed by atoms with Crippen LogP contribution >= 0.6 is 0 Å². The second-order valence-corrected chi connectivity index (χ2v) is 7.68. The predicted molar refractivity (Wildman–Crippen MR) is 124 cm³/mol. The molecule has 4 rings (SSSR count). The predicted octanol–water partition coefficient (Wildman–Crippen LogP) is 4.20. The van der Waals surface area contributed by atoms with Gasteiger partial charge < -0.3 is 20.3 Å². The summed E-state index contributed by atoms with van der Waals surface area (Å²) in [7, 11) is 4.09. The van der Waals surface area contributed by atoms with E-state index in [1.807, 2.05) is 38.5 Å². The molecule has 0 aromatic heterocycles. The molecule has 2 N–H and O–H groups in total. The zero-order valence-electron chi connectivity index (χ0n) is 17.2.